The van der Waals surface area contributed by atoms with Crippen molar-refractivity contribution in [2.45, 2.75) is 39.7 Å². The van der Waals surface area contributed by atoms with Gasteiger partial charge in [0, 0.05) is 17.8 Å². The van der Waals surface area contributed by atoms with Crippen LogP contribution in [-0.4, -0.2) is 28.8 Å². The van der Waals surface area contributed by atoms with Crippen LogP contribution in [-0.2, 0) is 9.59 Å². The summed E-state index contributed by atoms with van der Waals surface area (Å²) in [5, 5.41) is 2.92. The van der Waals surface area contributed by atoms with Gasteiger partial charge in [-0.05, 0) is 31.0 Å². The second-order valence-electron chi connectivity index (χ2n) is 5.00. The Kier molecular flexibility index (Phi) is 6.09. The van der Waals surface area contributed by atoms with Gasteiger partial charge in [-0.15, -0.1) is 0 Å². The van der Waals surface area contributed by atoms with Crippen LogP contribution >= 0.6 is 0 Å². The lowest BCUT2D eigenvalue weighted by Gasteiger charge is -2.29. The van der Waals surface area contributed by atoms with Gasteiger partial charge in [-0.25, -0.2) is 5.84 Å². The maximum Gasteiger partial charge on any atom is 0.272 e. The number of nitrogens with zero attached hydrogens (tertiary/aromatic N) is 1. The number of nitrogen functional groups attached to an aromatic ring is 2. The summed E-state index contributed by atoms with van der Waals surface area (Å²) in [7, 11) is 0. The van der Waals surface area contributed by atoms with Gasteiger partial charge in [-0.3, -0.25) is 24.7 Å². The summed E-state index contributed by atoms with van der Waals surface area (Å²) in [4.78, 5) is 35.2. The Morgan fingerprint density at radius 2 is 1.74 bits per heavy atom. The van der Waals surface area contributed by atoms with Crippen LogP contribution in [0.15, 0.2) is 12.1 Å². The highest BCUT2D eigenvalue weighted by molar-refractivity contribution is 6.07. The van der Waals surface area contributed by atoms with Gasteiger partial charge in [0.1, 0.15) is 6.04 Å². The number of amides is 3. The van der Waals surface area contributed by atoms with Crippen molar-refractivity contribution in [1.29, 1.82) is 0 Å². The van der Waals surface area contributed by atoms with Crippen LogP contribution in [0.1, 0.15) is 42.6 Å². The molecule has 1 heterocycles. The number of nitrogens with two attached hydrogens (primary N) is 3. The predicted octanol–water partition coefficient (Wildman–Crippen LogP) is 0.307. The van der Waals surface area contributed by atoms with Gasteiger partial charge in [0.05, 0.1) is 5.56 Å². The van der Waals surface area contributed by atoms with Crippen LogP contribution in [0.4, 0.5) is 11.4 Å². The minimum Gasteiger partial charge on any atom is -0.398 e. The zero-order valence-electron chi connectivity index (χ0n) is 13.6. The Morgan fingerprint density at radius 1 is 1.22 bits per heavy atom. The summed E-state index contributed by atoms with van der Waals surface area (Å²) in [6.45, 7) is 5.79. The zero-order valence-corrected chi connectivity index (χ0v) is 13.6. The number of hydrogen-bond acceptors (Lipinski definition) is 6. The topological polar surface area (TPSA) is 145 Å². The minimum absolute atomic E-state index is 0.0628. The van der Waals surface area contributed by atoms with Crippen molar-refractivity contribution in [3.63, 3.8) is 0 Å². The fourth-order valence-electron chi connectivity index (χ4n) is 2.31. The molecule has 8 heteroatoms. The summed E-state index contributed by atoms with van der Waals surface area (Å²) >= 11 is 0. The molecule has 0 radical (unpaired) electrons. The summed E-state index contributed by atoms with van der Waals surface area (Å²) in [6, 6.07) is 2.28. The smallest absolute Gasteiger partial charge is 0.272 e. The van der Waals surface area contributed by atoms with Crippen LogP contribution in [0.2, 0.25) is 0 Å². The first-order valence-corrected chi connectivity index (χ1v) is 7.38. The van der Waals surface area contributed by atoms with Crippen molar-refractivity contribution in [3.05, 3.63) is 23.3 Å². The lowest BCUT2D eigenvalue weighted by atomic mass is 10.0. The van der Waals surface area contributed by atoms with E-state index in [-0.39, 0.29) is 35.7 Å². The molecule has 1 aliphatic heterocycles. The summed E-state index contributed by atoms with van der Waals surface area (Å²) in [5.74, 6) is 4.09. The summed E-state index contributed by atoms with van der Waals surface area (Å²) in [5.41, 5.74) is 12.9. The van der Waals surface area contributed by atoms with Crippen LogP contribution in [0.25, 0.3) is 0 Å². The van der Waals surface area contributed by atoms with Gasteiger partial charge in [0.2, 0.25) is 5.91 Å². The van der Waals surface area contributed by atoms with Gasteiger partial charge in [0.25, 0.3) is 11.8 Å². The molecular formula is C15H23N5O3. The third-order valence-electron chi connectivity index (χ3n) is 3.34. The van der Waals surface area contributed by atoms with E-state index in [4.69, 9.17) is 17.3 Å². The number of anilines is 2. The largest absolute Gasteiger partial charge is 0.398 e. The lowest BCUT2D eigenvalue weighted by molar-refractivity contribution is -0.136. The molecule has 0 aliphatic carbocycles. The number of nitrogens with one attached hydrogen (secondary N) is 1. The van der Waals surface area contributed by atoms with Gasteiger partial charge < -0.3 is 11.5 Å². The summed E-state index contributed by atoms with van der Waals surface area (Å²) in [6.07, 6.45) is 0.287. The molecule has 0 saturated carbocycles. The van der Waals surface area contributed by atoms with Crippen LogP contribution < -0.4 is 22.6 Å². The number of imide groups is 1. The van der Waals surface area contributed by atoms with Crippen LogP contribution in [0.3, 0.4) is 0 Å². The quantitative estimate of drug-likeness (QED) is 0.203. The van der Waals surface area contributed by atoms with E-state index >= 15 is 0 Å². The van der Waals surface area contributed by atoms with Crippen molar-refractivity contribution in [2.24, 2.45) is 5.84 Å². The fraction of sp³-hybridized carbons (Fsp3) is 0.400. The molecule has 1 aromatic carbocycles. The second-order valence-corrected chi connectivity index (χ2v) is 5.00. The Labute approximate surface area is 134 Å². The molecule has 1 fully saturated rings. The number of hydrogen-bond donors (Lipinski definition) is 4. The van der Waals surface area contributed by atoms with Gasteiger partial charge >= 0.3 is 0 Å². The third kappa shape index (κ3) is 3.98. The molecule has 1 atom stereocenters. The molecule has 1 saturated heterocycles. The third-order valence-corrected chi connectivity index (χ3v) is 3.34. The van der Waals surface area contributed by atoms with Crippen molar-refractivity contribution >= 4 is 29.1 Å². The van der Waals surface area contributed by atoms with Gasteiger partial charge in [0.15, 0.2) is 0 Å². The Bertz CT molecular complexity index is 607. The molecule has 126 valence electrons. The first-order valence-electron chi connectivity index (χ1n) is 7.38. The van der Waals surface area contributed by atoms with E-state index in [9.17, 15) is 14.4 Å². The normalized spacial score (nSPS) is 17.0. The van der Waals surface area contributed by atoms with E-state index in [1.54, 1.807) is 19.1 Å². The van der Waals surface area contributed by atoms with Gasteiger partial charge in [-0.1, -0.05) is 13.8 Å². The van der Waals surface area contributed by atoms with Crippen molar-refractivity contribution in [3.8, 4) is 0 Å². The van der Waals surface area contributed by atoms with E-state index in [1.165, 1.54) is 0 Å². The van der Waals surface area contributed by atoms with Gasteiger partial charge in [-0.2, -0.15) is 0 Å². The monoisotopic (exact) mass is 321 g/mol. The van der Waals surface area contributed by atoms with E-state index in [2.05, 4.69) is 5.32 Å². The molecule has 8 nitrogen and oxygen atoms in total. The predicted molar refractivity (Wildman–Crippen MR) is 87.9 cm³/mol. The molecule has 2 rings (SSSR count). The molecule has 1 aromatic rings. The molecule has 7 N–H and O–H groups in total. The lowest BCUT2D eigenvalue weighted by Crippen LogP contribution is -2.57. The van der Waals surface area contributed by atoms with Crippen molar-refractivity contribution < 1.29 is 14.4 Å². The number of aryl methyl sites for hydroxylation is 1. The van der Waals surface area contributed by atoms with E-state index < -0.39 is 17.9 Å². The SMILES string of the molecule is CC.Cc1cc(N)c(C(=O)N(N)C2CCC(=O)NC2=O)c(N)c1. The highest BCUT2D eigenvalue weighted by Crippen LogP contribution is 2.24. The van der Waals surface area contributed by atoms with E-state index in [0.29, 0.717) is 0 Å². The number of hydrazine groups is 1. The number of piperidine rings is 1. The average molecular weight is 321 g/mol. The number of carbonyl (C=O) groups excluding carboxylic acids is 3. The molecular weight excluding hydrogens is 298 g/mol. The molecule has 3 amide bonds. The Hall–Kier alpha value is -2.61. The molecule has 0 bridgehead atoms. The maximum atomic E-state index is 12.4. The van der Waals surface area contributed by atoms with E-state index in [1.807, 2.05) is 13.8 Å². The molecule has 23 heavy (non-hydrogen) atoms. The van der Waals surface area contributed by atoms with Crippen molar-refractivity contribution in [2.75, 3.05) is 11.5 Å². The molecule has 1 unspecified atom stereocenters. The maximum absolute atomic E-state index is 12.4. The van der Waals surface area contributed by atoms with E-state index in [0.717, 1.165) is 10.6 Å². The van der Waals surface area contributed by atoms with Crippen LogP contribution in [0.5, 0.6) is 0 Å². The zero-order chi connectivity index (χ0) is 17.7. The minimum atomic E-state index is -0.921. The first kappa shape index (κ1) is 18.4. The van der Waals surface area contributed by atoms with Crippen LogP contribution in [0, 0.1) is 6.92 Å². The first-order chi connectivity index (χ1) is 10.8. The number of rotatable bonds is 2. The standard InChI is InChI=1S/C13H17N5O3.C2H6/c1-6-4-7(14)11(8(15)5-6)13(21)18(16)9-2-3-10(19)17-12(9)20;1-2/h4-5,9H,2-3,14-16H2,1H3,(H,17,19,20);1-2H3. The fourth-order valence-corrected chi connectivity index (χ4v) is 2.31. The number of carbonyl (C=O) groups is 3. The highest BCUT2D eigenvalue weighted by Gasteiger charge is 2.34. The summed E-state index contributed by atoms with van der Waals surface area (Å²) < 4.78 is 0. The molecule has 0 spiro atoms. The second kappa shape index (κ2) is 7.59. The highest BCUT2D eigenvalue weighted by atomic mass is 16.2. The molecule has 0 aromatic heterocycles. The Morgan fingerprint density at radius 3 is 2.22 bits per heavy atom. The van der Waals surface area contributed by atoms with Crippen molar-refractivity contribution in [1.82, 2.24) is 10.3 Å². The average Bonchev–Trinajstić information content (AvgIpc) is 2.47. The Balaban J connectivity index is 0.00000127. The molecule has 1 aliphatic rings. The number of benzene rings is 1.